The molecule has 2 rings (SSSR count). The summed E-state index contributed by atoms with van der Waals surface area (Å²) in [7, 11) is 3.11. The summed E-state index contributed by atoms with van der Waals surface area (Å²) in [6, 6.07) is 5.28. The van der Waals surface area contributed by atoms with E-state index in [0.29, 0.717) is 22.8 Å². The Morgan fingerprint density at radius 3 is 2.65 bits per heavy atom. The van der Waals surface area contributed by atoms with Gasteiger partial charge in [-0.05, 0) is 38.1 Å². The van der Waals surface area contributed by atoms with E-state index < -0.39 is 5.97 Å². The topological polar surface area (TPSA) is 77.4 Å². The van der Waals surface area contributed by atoms with E-state index in [0.717, 1.165) is 0 Å². The van der Waals surface area contributed by atoms with Crippen molar-refractivity contribution in [1.29, 1.82) is 0 Å². The van der Waals surface area contributed by atoms with Gasteiger partial charge in [-0.1, -0.05) is 0 Å². The van der Waals surface area contributed by atoms with Crippen LogP contribution in [0.3, 0.4) is 0 Å². The monoisotopic (exact) mass is 317 g/mol. The molecule has 1 aliphatic rings. The van der Waals surface area contributed by atoms with Gasteiger partial charge in [0, 0.05) is 5.56 Å². The van der Waals surface area contributed by atoms with Gasteiger partial charge in [0.15, 0.2) is 5.76 Å². The third-order valence-electron chi connectivity index (χ3n) is 3.34. The molecule has 1 aromatic rings. The number of aliphatic hydroxyl groups excluding tert-OH is 1. The highest BCUT2D eigenvalue weighted by molar-refractivity contribution is 6.22. The maximum Gasteiger partial charge on any atom is 0.343 e. The normalized spacial score (nSPS) is 15.7. The van der Waals surface area contributed by atoms with Crippen LogP contribution in [0.4, 0.5) is 0 Å². The van der Waals surface area contributed by atoms with Gasteiger partial charge in [-0.2, -0.15) is 0 Å². The van der Waals surface area contributed by atoms with Gasteiger partial charge in [0.05, 0.1) is 26.5 Å². The second kappa shape index (κ2) is 7.00. The number of benzene rings is 1. The van der Waals surface area contributed by atoms with Crippen LogP contribution >= 0.6 is 0 Å². The quantitative estimate of drug-likeness (QED) is 0.845. The fourth-order valence-electron chi connectivity index (χ4n) is 2.24. The minimum atomic E-state index is -0.591. The van der Waals surface area contributed by atoms with Crippen molar-refractivity contribution in [2.45, 2.75) is 13.8 Å². The van der Waals surface area contributed by atoms with Crippen molar-refractivity contribution in [2.24, 2.45) is 4.99 Å². The van der Waals surface area contributed by atoms with Crippen LogP contribution in [0, 0.1) is 0 Å². The maximum atomic E-state index is 11.9. The Bertz CT molecular complexity index is 716. The number of hydrogen-bond donors (Lipinski definition) is 1. The summed E-state index contributed by atoms with van der Waals surface area (Å²) in [5.74, 6) is 0.451. The molecule has 1 N–H and O–H groups in total. The number of hydrogen-bond acceptors (Lipinski definition) is 6. The first kappa shape index (κ1) is 16.6. The Kier molecular flexibility index (Phi) is 5.05. The van der Waals surface area contributed by atoms with Crippen LogP contribution in [-0.4, -0.2) is 37.6 Å². The molecular formula is C17H19NO5. The highest BCUT2D eigenvalue weighted by Crippen LogP contribution is 2.31. The standard InChI is InChI=1S/C17H19NO5/c1-5-23-17(20)15-10(2)18-13(16(15)19)9-11-8-12(21-3)6-7-14(11)22-4/h6-9,19H,5H2,1-4H3/b13-9+. The number of aliphatic hydroxyl groups is 1. The first-order valence-corrected chi connectivity index (χ1v) is 7.11. The first-order valence-electron chi connectivity index (χ1n) is 7.11. The van der Waals surface area contributed by atoms with Gasteiger partial charge in [0.2, 0.25) is 0 Å². The molecule has 0 spiro atoms. The molecule has 0 radical (unpaired) electrons. The lowest BCUT2D eigenvalue weighted by atomic mass is 10.1. The lowest BCUT2D eigenvalue weighted by molar-refractivity contribution is -0.138. The van der Waals surface area contributed by atoms with E-state index >= 15 is 0 Å². The summed E-state index contributed by atoms with van der Waals surface area (Å²) < 4.78 is 15.4. The molecular weight excluding hydrogens is 298 g/mol. The lowest BCUT2D eigenvalue weighted by Crippen LogP contribution is -2.13. The Hall–Kier alpha value is -2.76. The molecule has 0 bridgehead atoms. The lowest BCUT2D eigenvalue weighted by Gasteiger charge is -2.08. The summed E-state index contributed by atoms with van der Waals surface area (Å²) in [6.07, 6.45) is 1.63. The number of rotatable bonds is 5. The molecule has 1 aromatic carbocycles. The van der Waals surface area contributed by atoms with Gasteiger partial charge in [-0.25, -0.2) is 9.79 Å². The van der Waals surface area contributed by atoms with E-state index in [9.17, 15) is 9.90 Å². The Labute approximate surface area is 134 Å². The van der Waals surface area contributed by atoms with E-state index in [2.05, 4.69) is 4.99 Å². The third kappa shape index (κ3) is 3.36. The fraction of sp³-hybridized carbons (Fsp3) is 0.294. The number of esters is 1. The van der Waals surface area contributed by atoms with Crippen molar-refractivity contribution in [1.82, 2.24) is 0 Å². The summed E-state index contributed by atoms with van der Waals surface area (Å²) in [4.78, 5) is 16.1. The van der Waals surface area contributed by atoms with Gasteiger partial charge in [0.25, 0.3) is 0 Å². The van der Waals surface area contributed by atoms with E-state index in [1.165, 1.54) is 0 Å². The highest BCUT2D eigenvalue weighted by Gasteiger charge is 2.27. The number of ether oxygens (including phenoxy) is 3. The molecule has 0 saturated heterocycles. The third-order valence-corrected chi connectivity index (χ3v) is 3.34. The molecule has 0 saturated carbocycles. The smallest absolute Gasteiger partial charge is 0.343 e. The van der Waals surface area contributed by atoms with Gasteiger partial charge in [-0.3, -0.25) is 0 Å². The maximum absolute atomic E-state index is 11.9. The van der Waals surface area contributed by atoms with Crippen molar-refractivity contribution in [2.75, 3.05) is 20.8 Å². The number of nitrogens with zero attached hydrogens (tertiary/aromatic N) is 1. The van der Waals surface area contributed by atoms with Gasteiger partial charge < -0.3 is 19.3 Å². The van der Waals surface area contributed by atoms with Crippen LogP contribution in [0.1, 0.15) is 19.4 Å². The molecule has 1 aliphatic heterocycles. The highest BCUT2D eigenvalue weighted by atomic mass is 16.5. The predicted molar refractivity (Wildman–Crippen MR) is 86.9 cm³/mol. The molecule has 0 atom stereocenters. The zero-order valence-electron chi connectivity index (χ0n) is 13.5. The molecule has 23 heavy (non-hydrogen) atoms. The van der Waals surface area contributed by atoms with Crippen LogP contribution in [0.15, 0.2) is 40.2 Å². The van der Waals surface area contributed by atoms with Crippen molar-refractivity contribution < 1.29 is 24.1 Å². The summed E-state index contributed by atoms with van der Waals surface area (Å²) in [5.41, 5.74) is 1.45. The van der Waals surface area contributed by atoms with Crippen LogP contribution in [-0.2, 0) is 9.53 Å². The summed E-state index contributed by atoms with van der Waals surface area (Å²) >= 11 is 0. The van der Waals surface area contributed by atoms with Crippen molar-refractivity contribution in [3.8, 4) is 11.5 Å². The molecule has 6 nitrogen and oxygen atoms in total. The fourth-order valence-corrected chi connectivity index (χ4v) is 2.24. The minimum absolute atomic E-state index is 0.0833. The van der Waals surface area contributed by atoms with Gasteiger partial charge >= 0.3 is 5.97 Å². The SMILES string of the molecule is CCOC(=O)C1=C(O)/C(=C\c2cc(OC)ccc2OC)N=C1C. The number of carbonyl (C=O) groups excluding carboxylic acids is 1. The molecule has 0 fully saturated rings. The van der Waals surface area contributed by atoms with Gasteiger partial charge in [-0.15, -0.1) is 0 Å². The number of aliphatic imine (C=N–C) groups is 1. The van der Waals surface area contributed by atoms with Crippen LogP contribution in [0.25, 0.3) is 6.08 Å². The Morgan fingerprint density at radius 1 is 1.30 bits per heavy atom. The average molecular weight is 317 g/mol. The largest absolute Gasteiger partial charge is 0.505 e. The molecule has 0 aromatic heterocycles. The number of carbonyl (C=O) groups is 1. The molecule has 0 amide bonds. The van der Waals surface area contributed by atoms with Crippen molar-refractivity contribution >= 4 is 17.8 Å². The minimum Gasteiger partial charge on any atom is -0.505 e. The van der Waals surface area contributed by atoms with Crippen molar-refractivity contribution in [3.63, 3.8) is 0 Å². The summed E-state index contributed by atoms with van der Waals surface area (Å²) in [6.45, 7) is 3.58. The average Bonchev–Trinajstić information content (AvgIpc) is 2.81. The first-order chi connectivity index (χ1) is 11.0. The van der Waals surface area contributed by atoms with E-state index in [1.807, 2.05) is 0 Å². The molecule has 6 heteroatoms. The van der Waals surface area contributed by atoms with E-state index in [4.69, 9.17) is 14.2 Å². The second-order valence-electron chi connectivity index (χ2n) is 4.78. The zero-order chi connectivity index (χ0) is 17.0. The summed E-state index contributed by atoms with van der Waals surface area (Å²) in [5, 5.41) is 10.3. The van der Waals surface area contributed by atoms with E-state index in [-0.39, 0.29) is 23.6 Å². The molecule has 1 heterocycles. The molecule has 122 valence electrons. The second-order valence-corrected chi connectivity index (χ2v) is 4.78. The van der Waals surface area contributed by atoms with Crippen molar-refractivity contribution in [3.05, 3.63) is 40.8 Å². The number of methoxy groups -OCH3 is 2. The Balaban J connectivity index is 2.47. The Morgan fingerprint density at radius 2 is 2.04 bits per heavy atom. The van der Waals surface area contributed by atoms with Crippen LogP contribution in [0.2, 0.25) is 0 Å². The van der Waals surface area contributed by atoms with Gasteiger partial charge in [0.1, 0.15) is 22.8 Å². The molecule has 0 unspecified atom stereocenters. The predicted octanol–water partition coefficient (Wildman–Crippen LogP) is 2.89. The van der Waals surface area contributed by atoms with E-state index in [1.54, 1.807) is 52.3 Å². The zero-order valence-corrected chi connectivity index (χ0v) is 13.5. The van der Waals surface area contributed by atoms with Crippen LogP contribution < -0.4 is 9.47 Å². The molecule has 0 aliphatic carbocycles. The van der Waals surface area contributed by atoms with Crippen LogP contribution in [0.5, 0.6) is 11.5 Å².